The number of aliphatic hydroxyl groups excluding tert-OH is 1. The Morgan fingerprint density at radius 2 is 1.72 bits per heavy atom. The SMILES string of the molecule is COc1cc(C(=O)NCC(=O)c2ccc(OC)c(-c3ccc(F)c(C(F)F)c3)n2)ccc1OCCO. The van der Waals surface area contributed by atoms with Crippen molar-refractivity contribution in [1.29, 1.82) is 0 Å². The van der Waals surface area contributed by atoms with Gasteiger partial charge in [-0.05, 0) is 48.5 Å². The van der Waals surface area contributed by atoms with E-state index in [1.165, 1.54) is 50.6 Å². The van der Waals surface area contributed by atoms with Gasteiger partial charge in [0.1, 0.15) is 29.6 Å². The molecule has 0 aliphatic carbocycles. The third kappa shape index (κ3) is 6.11. The standard InChI is InChI=1S/C25H23F3N2O6/c1-34-21-8-6-18(30-23(21)14-3-5-17(26)16(11-14)24(27)28)19(32)13-29-25(33)15-4-7-20(36-10-9-31)22(12-15)35-2/h3-8,11-12,24,31H,9-10,13H2,1-2H3,(H,29,33). The molecule has 0 spiro atoms. The Morgan fingerprint density at radius 1 is 1.00 bits per heavy atom. The van der Waals surface area contributed by atoms with Gasteiger partial charge in [-0.1, -0.05) is 0 Å². The van der Waals surface area contributed by atoms with Gasteiger partial charge in [-0.3, -0.25) is 9.59 Å². The second-order valence-electron chi connectivity index (χ2n) is 7.33. The van der Waals surface area contributed by atoms with E-state index in [2.05, 4.69) is 10.3 Å². The van der Waals surface area contributed by atoms with Gasteiger partial charge >= 0.3 is 0 Å². The second kappa shape index (κ2) is 12.0. The fraction of sp³-hybridized carbons (Fsp3) is 0.240. The van der Waals surface area contributed by atoms with Crippen molar-refractivity contribution in [3.8, 4) is 28.5 Å². The molecule has 0 radical (unpaired) electrons. The summed E-state index contributed by atoms with van der Waals surface area (Å²) in [6, 6.07) is 10.3. The highest BCUT2D eigenvalue weighted by molar-refractivity contribution is 6.01. The van der Waals surface area contributed by atoms with E-state index in [-0.39, 0.29) is 47.2 Å². The van der Waals surface area contributed by atoms with Crippen LogP contribution in [0, 0.1) is 5.82 Å². The number of carbonyl (C=O) groups is 2. The molecule has 36 heavy (non-hydrogen) atoms. The number of pyridine rings is 1. The summed E-state index contributed by atoms with van der Waals surface area (Å²) in [4.78, 5) is 29.5. The second-order valence-corrected chi connectivity index (χ2v) is 7.33. The molecule has 1 amide bonds. The Kier molecular flexibility index (Phi) is 8.85. The summed E-state index contributed by atoms with van der Waals surface area (Å²) >= 11 is 0. The van der Waals surface area contributed by atoms with Crippen molar-refractivity contribution in [2.45, 2.75) is 6.43 Å². The summed E-state index contributed by atoms with van der Waals surface area (Å²) in [5.74, 6) is -1.39. The minimum absolute atomic E-state index is 0.0502. The first-order chi connectivity index (χ1) is 17.3. The molecule has 0 fully saturated rings. The first-order valence-electron chi connectivity index (χ1n) is 10.6. The quantitative estimate of drug-likeness (QED) is 0.382. The first-order valence-corrected chi connectivity index (χ1v) is 10.6. The van der Waals surface area contributed by atoms with Crippen molar-refractivity contribution in [3.63, 3.8) is 0 Å². The molecule has 0 unspecified atom stereocenters. The minimum atomic E-state index is -3.04. The molecule has 0 aliphatic heterocycles. The number of hydrogen-bond acceptors (Lipinski definition) is 7. The molecule has 2 N–H and O–H groups in total. The molecular formula is C25H23F3N2O6. The predicted molar refractivity (Wildman–Crippen MR) is 123 cm³/mol. The molecular weight excluding hydrogens is 481 g/mol. The van der Waals surface area contributed by atoms with Crippen LogP contribution in [0.5, 0.6) is 17.2 Å². The Morgan fingerprint density at radius 3 is 2.39 bits per heavy atom. The zero-order chi connectivity index (χ0) is 26.2. The number of aromatic nitrogens is 1. The van der Waals surface area contributed by atoms with Crippen LogP contribution in [0.3, 0.4) is 0 Å². The van der Waals surface area contributed by atoms with Crippen molar-refractivity contribution >= 4 is 11.7 Å². The molecule has 2 aromatic carbocycles. The van der Waals surface area contributed by atoms with Crippen molar-refractivity contribution in [2.24, 2.45) is 0 Å². The van der Waals surface area contributed by atoms with Crippen LogP contribution in [0.1, 0.15) is 32.8 Å². The van der Waals surface area contributed by atoms with Crippen LogP contribution in [0.2, 0.25) is 0 Å². The average Bonchev–Trinajstić information content (AvgIpc) is 2.89. The number of benzene rings is 2. The minimum Gasteiger partial charge on any atom is -0.494 e. The van der Waals surface area contributed by atoms with E-state index in [1.807, 2.05) is 0 Å². The van der Waals surface area contributed by atoms with Gasteiger partial charge in [-0.15, -0.1) is 0 Å². The Labute approximate surface area is 204 Å². The number of carbonyl (C=O) groups excluding carboxylic acids is 2. The molecule has 8 nitrogen and oxygen atoms in total. The molecule has 0 bridgehead atoms. The normalized spacial score (nSPS) is 10.8. The number of ether oxygens (including phenoxy) is 3. The summed E-state index contributed by atoms with van der Waals surface area (Å²) in [6.07, 6.45) is -3.04. The molecule has 1 heterocycles. The van der Waals surface area contributed by atoms with Gasteiger partial charge in [0.05, 0.1) is 32.9 Å². The van der Waals surface area contributed by atoms with Gasteiger partial charge in [0.15, 0.2) is 17.3 Å². The highest BCUT2D eigenvalue weighted by Gasteiger charge is 2.19. The lowest BCUT2D eigenvalue weighted by atomic mass is 10.1. The first kappa shape index (κ1) is 26.5. The molecule has 0 aliphatic rings. The van der Waals surface area contributed by atoms with Crippen LogP contribution in [-0.4, -0.2) is 55.8 Å². The molecule has 190 valence electrons. The molecule has 3 aromatic rings. The molecule has 11 heteroatoms. The van der Waals surface area contributed by atoms with E-state index >= 15 is 0 Å². The number of ketones is 1. The van der Waals surface area contributed by atoms with Crippen LogP contribution in [0.25, 0.3) is 11.3 Å². The fourth-order valence-electron chi connectivity index (χ4n) is 3.27. The molecule has 3 rings (SSSR count). The zero-order valence-corrected chi connectivity index (χ0v) is 19.4. The third-order valence-corrected chi connectivity index (χ3v) is 5.05. The van der Waals surface area contributed by atoms with E-state index in [4.69, 9.17) is 19.3 Å². The highest BCUT2D eigenvalue weighted by atomic mass is 19.3. The number of amides is 1. The number of methoxy groups -OCH3 is 2. The molecule has 0 atom stereocenters. The van der Waals surface area contributed by atoms with E-state index in [0.717, 1.165) is 12.1 Å². The molecule has 1 aromatic heterocycles. The maximum absolute atomic E-state index is 13.7. The Hall–Kier alpha value is -4.12. The van der Waals surface area contributed by atoms with E-state index in [1.54, 1.807) is 0 Å². The van der Waals surface area contributed by atoms with Crippen molar-refractivity contribution < 1.29 is 42.1 Å². The maximum Gasteiger partial charge on any atom is 0.266 e. The summed E-state index contributed by atoms with van der Waals surface area (Å²) in [7, 11) is 2.73. The lowest BCUT2D eigenvalue weighted by molar-refractivity contribution is 0.0902. The van der Waals surface area contributed by atoms with Crippen molar-refractivity contribution in [3.05, 3.63) is 71.2 Å². The summed E-state index contributed by atoms with van der Waals surface area (Å²) in [6.45, 7) is -0.549. The zero-order valence-electron chi connectivity index (χ0n) is 19.4. The van der Waals surface area contributed by atoms with Crippen molar-refractivity contribution in [2.75, 3.05) is 34.0 Å². The smallest absolute Gasteiger partial charge is 0.266 e. The summed E-state index contributed by atoms with van der Waals surface area (Å²) in [5, 5.41) is 11.4. The van der Waals surface area contributed by atoms with Gasteiger partial charge in [0.2, 0.25) is 0 Å². The lowest BCUT2D eigenvalue weighted by Crippen LogP contribution is -2.30. The number of hydrogen-bond donors (Lipinski definition) is 2. The summed E-state index contributed by atoms with van der Waals surface area (Å²) in [5.41, 5.74) is -0.453. The third-order valence-electron chi connectivity index (χ3n) is 5.05. The Balaban J connectivity index is 1.77. The van der Waals surface area contributed by atoms with Gasteiger partial charge in [-0.25, -0.2) is 18.2 Å². The number of nitrogens with zero attached hydrogens (tertiary/aromatic N) is 1. The van der Waals surface area contributed by atoms with E-state index < -0.39 is 36.0 Å². The van der Waals surface area contributed by atoms with Gasteiger partial charge in [-0.2, -0.15) is 0 Å². The number of halogens is 3. The lowest BCUT2D eigenvalue weighted by Gasteiger charge is -2.12. The Bertz CT molecular complexity index is 1250. The number of nitrogens with one attached hydrogen (secondary N) is 1. The molecule has 0 saturated carbocycles. The number of alkyl halides is 2. The van der Waals surface area contributed by atoms with Gasteiger partial charge < -0.3 is 24.6 Å². The monoisotopic (exact) mass is 504 g/mol. The van der Waals surface area contributed by atoms with Crippen LogP contribution < -0.4 is 19.5 Å². The van der Waals surface area contributed by atoms with Crippen LogP contribution in [0.4, 0.5) is 13.2 Å². The number of rotatable bonds is 11. The predicted octanol–water partition coefficient (Wildman–Crippen LogP) is 3.83. The van der Waals surface area contributed by atoms with Gasteiger partial charge in [0, 0.05) is 11.1 Å². The van der Waals surface area contributed by atoms with Crippen LogP contribution >= 0.6 is 0 Å². The topological polar surface area (TPSA) is 107 Å². The average molecular weight is 504 g/mol. The van der Waals surface area contributed by atoms with Gasteiger partial charge in [0.25, 0.3) is 12.3 Å². The van der Waals surface area contributed by atoms with Crippen molar-refractivity contribution in [1.82, 2.24) is 10.3 Å². The fourth-order valence-corrected chi connectivity index (χ4v) is 3.27. The maximum atomic E-state index is 13.7. The largest absolute Gasteiger partial charge is 0.494 e. The van der Waals surface area contributed by atoms with E-state index in [0.29, 0.717) is 5.75 Å². The summed E-state index contributed by atoms with van der Waals surface area (Å²) < 4.78 is 55.7. The number of aliphatic hydroxyl groups is 1. The van der Waals surface area contributed by atoms with E-state index in [9.17, 15) is 22.8 Å². The van der Waals surface area contributed by atoms with Crippen LogP contribution in [-0.2, 0) is 0 Å². The van der Waals surface area contributed by atoms with Crippen LogP contribution in [0.15, 0.2) is 48.5 Å². The molecule has 0 saturated heterocycles. The number of Topliss-reactive ketones (excluding diaryl/α,β-unsaturated/α-hetero) is 1. The highest BCUT2D eigenvalue weighted by Crippen LogP contribution is 2.32.